The smallest absolute Gasteiger partial charge is 0.246 e. The molecule has 0 radical (unpaired) electrons. The molecule has 1 N–H and O–H groups in total. The molecule has 1 aliphatic heterocycles. The Morgan fingerprint density at radius 1 is 1.19 bits per heavy atom. The van der Waals surface area contributed by atoms with Crippen molar-refractivity contribution in [2.75, 3.05) is 0 Å². The van der Waals surface area contributed by atoms with Crippen LogP contribution in [0.5, 0.6) is 0 Å². The zero-order valence-corrected chi connectivity index (χ0v) is 13.0. The Bertz CT molecular complexity index is 501. The third kappa shape index (κ3) is 3.26. The van der Waals surface area contributed by atoms with Crippen molar-refractivity contribution in [3.8, 4) is 0 Å². The van der Waals surface area contributed by atoms with Crippen LogP contribution in [-0.4, -0.2) is 34.8 Å². The highest BCUT2D eigenvalue weighted by molar-refractivity contribution is 5.97. The molecule has 4 nitrogen and oxygen atoms in total. The van der Waals surface area contributed by atoms with Crippen LogP contribution in [0.4, 0.5) is 0 Å². The van der Waals surface area contributed by atoms with E-state index in [1.807, 2.05) is 51.1 Å². The summed E-state index contributed by atoms with van der Waals surface area (Å²) in [6.45, 7) is 6.01. The number of carbonyl (C=O) groups excluding carboxylic acids is 2. The predicted octanol–water partition coefficient (Wildman–Crippen LogP) is 2.13. The Kier molecular flexibility index (Phi) is 4.99. The van der Waals surface area contributed by atoms with Gasteiger partial charge in [0.1, 0.15) is 12.1 Å². The fourth-order valence-electron chi connectivity index (χ4n) is 2.88. The molecule has 0 saturated carbocycles. The number of nitrogens with zero attached hydrogens (tertiary/aromatic N) is 1. The summed E-state index contributed by atoms with van der Waals surface area (Å²) in [4.78, 5) is 26.8. The highest BCUT2D eigenvalue weighted by Gasteiger charge is 2.41. The van der Waals surface area contributed by atoms with Gasteiger partial charge < -0.3 is 10.2 Å². The first kappa shape index (κ1) is 15.5. The summed E-state index contributed by atoms with van der Waals surface area (Å²) in [5.74, 6) is 0.0120. The lowest BCUT2D eigenvalue weighted by Gasteiger charge is -2.42. The van der Waals surface area contributed by atoms with Crippen LogP contribution in [0.25, 0.3) is 0 Å². The zero-order chi connectivity index (χ0) is 15.4. The molecule has 0 bridgehead atoms. The van der Waals surface area contributed by atoms with E-state index in [1.165, 1.54) is 0 Å². The number of piperazine rings is 1. The fourth-order valence-corrected chi connectivity index (χ4v) is 2.88. The molecule has 3 atom stereocenters. The van der Waals surface area contributed by atoms with Gasteiger partial charge in [-0.25, -0.2) is 0 Å². The van der Waals surface area contributed by atoms with Crippen molar-refractivity contribution >= 4 is 11.8 Å². The molecule has 1 heterocycles. The van der Waals surface area contributed by atoms with Crippen LogP contribution in [0.2, 0.25) is 0 Å². The minimum atomic E-state index is -0.448. The van der Waals surface area contributed by atoms with Gasteiger partial charge in [0.2, 0.25) is 11.8 Å². The summed E-state index contributed by atoms with van der Waals surface area (Å²) < 4.78 is 0. The minimum Gasteiger partial charge on any atom is -0.342 e. The van der Waals surface area contributed by atoms with Gasteiger partial charge in [-0.1, -0.05) is 44.2 Å². The van der Waals surface area contributed by atoms with Gasteiger partial charge in [0.05, 0.1) is 0 Å². The summed E-state index contributed by atoms with van der Waals surface area (Å²) >= 11 is 0. The van der Waals surface area contributed by atoms with Crippen LogP contribution in [-0.2, 0) is 16.0 Å². The zero-order valence-electron chi connectivity index (χ0n) is 13.0. The van der Waals surface area contributed by atoms with Crippen molar-refractivity contribution in [1.29, 1.82) is 0 Å². The van der Waals surface area contributed by atoms with E-state index in [4.69, 9.17) is 0 Å². The molecule has 1 saturated heterocycles. The van der Waals surface area contributed by atoms with E-state index in [-0.39, 0.29) is 23.9 Å². The summed E-state index contributed by atoms with van der Waals surface area (Å²) in [5.41, 5.74) is 1.07. The van der Waals surface area contributed by atoms with Crippen LogP contribution in [0.15, 0.2) is 30.3 Å². The second-order valence-electron chi connectivity index (χ2n) is 5.68. The van der Waals surface area contributed by atoms with E-state index in [0.717, 1.165) is 12.0 Å². The number of amides is 2. The molecular formula is C17H24N2O2. The maximum absolute atomic E-state index is 12.8. The molecule has 114 valence electrons. The molecule has 2 amide bonds. The third-order valence-electron chi connectivity index (χ3n) is 4.24. The van der Waals surface area contributed by atoms with Crippen LogP contribution >= 0.6 is 0 Å². The second-order valence-corrected chi connectivity index (χ2v) is 5.68. The lowest BCUT2D eigenvalue weighted by molar-refractivity contribution is -0.152. The number of benzene rings is 1. The van der Waals surface area contributed by atoms with E-state index in [2.05, 4.69) is 5.32 Å². The first-order valence-electron chi connectivity index (χ1n) is 7.74. The number of hydrogen-bond acceptors (Lipinski definition) is 2. The van der Waals surface area contributed by atoms with Gasteiger partial charge in [-0.3, -0.25) is 9.59 Å². The minimum absolute atomic E-state index is 0.0293. The van der Waals surface area contributed by atoms with Crippen molar-refractivity contribution in [2.45, 2.75) is 58.2 Å². The molecule has 4 heteroatoms. The van der Waals surface area contributed by atoms with Crippen molar-refractivity contribution in [3.63, 3.8) is 0 Å². The monoisotopic (exact) mass is 288 g/mol. The van der Waals surface area contributed by atoms with Crippen LogP contribution in [0, 0.1) is 0 Å². The molecule has 0 aromatic heterocycles. The molecular weight excluding hydrogens is 264 g/mol. The first-order valence-corrected chi connectivity index (χ1v) is 7.74. The van der Waals surface area contributed by atoms with Gasteiger partial charge in [0.25, 0.3) is 0 Å². The average molecular weight is 288 g/mol. The lowest BCUT2D eigenvalue weighted by Crippen LogP contribution is -2.65. The van der Waals surface area contributed by atoms with Crippen molar-refractivity contribution in [3.05, 3.63) is 35.9 Å². The van der Waals surface area contributed by atoms with E-state index >= 15 is 0 Å². The SMILES string of the molecule is CCC(C)N1C(=O)C(Cc2ccccc2)NC(=O)C1CC. The number of carbonyl (C=O) groups is 2. The lowest BCUT2D eigenvalue weighted by atomic mass is 9.97. The molecule has 1 aromatic rings. The quantitative estimate of drug-likeness (QED) is 0.902. The van der Waals surface area contributed by atoms with Crippen molar-refractivity contribution in [1.82, 2.24) is 10.2 Å². The van der Waals surface area contributed by atoms with Crippen molar-refractivity contribution < 1.29 is 9.59 Å². The van der Waals surface area contributed by atoms with Gasteiger partial charge in [-0.15, -0.1) is 0 Å². The molecule has 1 aliphatic rings. The topological polar surface area (TPSA) is 49.4 Å². The Hall–Kier alpha value is -1.84. The molecule has 1 fully saturated rings. The Morgan fingerprint density at radius 2 is 1.86 bits per heavy atom. The van der Waals surface area contributed by atoms with E-state index in [0.29, 0.717) is 12.8 Å². The van der Waals surface area contributed by atoms with Gasteiger partial charge in [0, 0.05) is 12.5 Å². The van der Waals surface area contributed by atoms with E-state index in [1.54, 1.807) is 4.90 Å². The van der Waals surface area contributed by atoms with Crippen molar-refractivity contribution in [2.24, 2.45) is 0 Å². The maximum atomic E-state index is 12.8. The van der Waals surface area contributed by atoms with Crippen LogP contribution in [0.1, 0.15) is 39.2 Å². The standard InChI is InChI=1S/C17H24N2O2/c1-4-12(3)19-15(5-2)16(20)18-14(17(19)21)11-13-9-7-6-8-10-13/h6-10,12,14-15H,4-5,11H2,1-3H3,(H,18,20). The second kappa shape index (κ2) is 6.74. The van der Waals surface area contributed by atoms with Crippen LogP contribution in [0.3, 0.4) is 0 Å². The molecule has 1 aromatic carbocycles. The normalized spacial score (nSPS) is 23.9. The first-order chi connectivity index (χ1) is 10.1. The molecule has 2 rings (SSSR count). The predicted molar refractivity (Wildman–Crippen MR) is 82.8 cm³/mol. The van der Waals surface area contributed by atoms with Crippen LogP contribution < -0.4 is 5.32 Å². The van der Waals surface area contributed by atoms with Gasteiger partial charge in [0.15, 0.2) is 0 Å². The molecule has 3 unspecified atom stereocenters. The molecule has 0 aliphatic carbocycles. The number of nitrogens with one attached hydrogen (secondary N) is 1. The summed E-state index contributed by atoms with van der Waals surface area (Å²) in [7, 11) is 0. The average Bonchev–Trinajstić information content (AvgIpc) is 2.50. The highest BCUT2D eigenvalue weighted by Crippen LogP contribution is 2.20. The van der Waals surface area contributed by atoms with Gasteiger partial charge in [-0.2, -0.15) is 0 Å². The summed E-state index contributed by atoms with van der Waals surface area (Å²) in [6.07, 6.45) is 2.06. The molecule has 21 heavy (non-hydrogen) atoms. The largest absolute Gasteiger partial charge is 0.342 e. The highest BCUT2D eigenvalue weighted by atomic mass is 16.2. The van der Waals surface area contributed by atoms with Gasteiger partial charge >= 0.3 is 0 Å². The Morgan fingerprint density at radius 3 is 2.43 bits per heavy atom. The maximum Gasteiger partial charge on any atom is 0.246 e. The summed E-state index contributed by atoms with van der Waals surface area (Å²) in [5, 5.41) is 2.89. The van der Waals surface area contributed by atoms with E-state index < -0.39 is 6.04 Å². The van der Waals surface area contributed by atoms with E-state index in [9.17, 15) is 9.59 Å². The fraction of sp³-hybridized carbons (Fsp3) is 0.529. The molecule has 0 spiro atoms. The van der Waals surface area contributed by atoms with Gasteiger partial charge in [-0.05, 0) is 25.3 Å². The third-order valence-corrected chi connectivity index (χ3v) is 4.24. The number of hydrogen-bond donors (Lipinski definition) is 1. The summed E-state index contributed by atoms with van der Waals surface area (Å²) in [6, 6.07) is 9.13. The Balaban J connectivity index is 2.20. The Labute approximate surface area is 126 Å². The number of rotatable bonds is 5.